The van der Waals surface area contributed by atoms with Crippen LogP contribution < -0.4 is 5.32 Å². The highest BCUT2D eigenvalue weighted by atomic mass is 16.5. The molecular weight excluding hydrogens is 310 g/mol. The molecule has 0 radical (unpaired) electrons. The average Bonchev–Trinajstić information content (AvgIpc) is 3.20. The Kier molecular flexibility index (Phi) is 4.05. The number of amides is 1. The van der Waals surface area contributed by atoms with Crippen LogP contribution in [-0.4, -0.2) is 39.2 Å². The van der Waals surface area contributed by atoms with E-state index in [0.717, 1.165) is 31.8 Å². The van der Waals surface area contributed by atoms with E-state index in [4.69, 9.17) is 9.05 Å². The number of carbonyl (C=O) groups is 1. The number of piperidine rings is 1. The summed E-state index contributed by atoms with van der Waals surface area (Å²) in [6.07, 6.45) is 3.97. The highest BCUT2D eigenvalue weighted by Gasteiger charge is 2.30. The van der Waals surface area contributed by atoms with Gasteiger partial charge in [0.05, 0.1) is 6.54 Å². The summed E-state index contributed by atoms with van der Waals surface area (Å²) in [7, 11) is 0. The van der Waals surface area contributed by atoms with Crippen LogP contribution in [0.2, 0.25) is 0 Å². The Morgan fingerprint density at radius 1 is 1.25 bits per heavy atom. The topological polar surface area (TPSA) is 97.3 Å². The number of rotatable bonds is 5. The molecule has 0 bridgehead atoms. The van der Waals surface area contributed by atoms with Crippen LogP contribution in [-0.2, 0) is 11.3 Å². The summed E-state index contributed by atoms with van der Waals surface area (Å²) in [4.78, 5) is 19.0. The average molecular weight is 331 g/mol. The first-order valence-corrected chi connectivity index (χ1v) is 8.46. The monoisotopic (exact) mass is 331 g/mol. The second kappa shape index (κ2) is 6.35. The van der Waals surface area contributed by atoms with Gasteiger partial charge in [-0.3, -0.25) is 9.69 Å². The zero-order chi connectivity index (χ0) is 16.5. The van der Waals surface area contributed by atoms with E-state index < -0.39 is 0 Å². The maximum absolute atomic E-state index is 12.3. The van der Waals surface area contributed by atoms with Crippen LogP contribution in [0.25, 0.3) is 0 Å². The Bertz CT molecular complexity index is 713. The third-order valence-corrected chi connectivity index (χ3v) is 4.62. The van der Waals surface area contributed by atoms with Crippen molar-refractivity contribution in [2.75, 3.05) is 18.4 Å². The second-order valence-electron chi connectivity index (χ2n) is 6.68. The lowest BCUT2D eigenvalue weighted by atomic mass is 9.96. The van der Waals surface area contributed by atoms with Crippen molar-refractivity contribution in [2.24, 2.45) is 5.92 Å². The van der Waals surface area contributed by atoms with Crippen molar-refractivity contribution in [3.63, 3.8) is 0 Å². The molecule has 0 aromatic carbocycles. The van der Waals surface area contributed by atoms with Crippen molar-refractivity contribution < 1.29 is 13.8 Å². The first-order chi connectivity index (χ1) is 11.7. The van der Waals surface area contributed by atoms with Crippen LogP contribution in [0.15, 0.2) is 15.1 Å². The fourth-order valence-electron chi connectivity index (χ4n) is 3.04. The molecule has 1 saturated carbocycles. The molecule has 8 nitrogen and oxygen atoms in total. The summed E-state index contributed by atoms with van der Waals surface area (Å²) < 4.78 is 10.3. The Hall–Kier alpha value is -2.22. The summed E-state index contributed by atoms with van der Waals surface area (Å²) in [5.74, 6) is 3.22. The molecule has 128 valence electrons. The van der Waals surface area contributed by atoms with E-state index in [1.54, 1.807) is 13.0 Å². The Morgan fingerprint density at radius 3 is 2.71 bits per heavy atom. The van der Waals surface area contributed by atoms with Crippen LogP contribution in [0.5, 0.6) is 0 Å². The van der Waals surface area contributed by atoms with Crippen LogP contribution in [0.1, 0.15) is 49.1 Å². The van der Waals surface area contributed by atoms with Gasteiger partial charge in [0.2, 0.25) is 11.8 Å². The summed E-state index contributed by atoms with van der Waals surface area (Å²) in [6.45, 7) is 4.15. The van der Waals surface area contributed by atoms with Gasteiger partial charge >= 0.3 is 0 Å². The fourth-order valence-corrected chi connectivity index (χ4v) is 3.04. The number of nitrogens with one attached hydrogen (secondary N) is 1. The normalized spacial score (nSPS) is 19.5. The van der Waals surface area contributed by atoms with Crippen LogP contribution in [0, 0.1) is 12.8 Å². The van der Waals surface area contributed by atoms with Crippen molar-refractivity contribution in [3.8, 4) is 0 Å². The minimum absolute atomic E-state index is 0.00275. The number of aryl methyl sites for hydroxylation is 1. The van der Waals surface area contributed by atoms with Gasteiger partial charge in [-0.25, -0.2) is 0 Å². The van der Waals surface area contributed by atoms with Crippen molar-refractivity contribution in [2.45, 2.75) is 45.1 Å². The molecule has 24 heavy (non-hydrogen) atoms. The number of carbonyl (C=O) groups excluding carboxylic acids is 1. The zero-order valence-corrected chi connectivity index (χ0v) is 13.7. The molecule has 2 fully saturated rings. The maximum atomic E-state index is 12.3. The smallest absolute Gasteiger partial charge is 0.240 e. The molecule has 0 spiro atoms. The summed E-state index contributed by atoms with van der Waals surface area (Å²) in [5, 5.41) is 10.7. The quantitative estimate of drug-likeness (QED) is 0.896. The van der Waals surface area contributed by atoms with Gasteiger partial charge in [-0.05, 0) is 45.7 Å². The molecule has 0 unspecified atom stereocenters. The Labute approximate surface area is 139 Å². The van der Waals surface area contributed by atoms with E-state index in [2.05, 4.69) is 25.5 Å². The molecule has 2 aromatic rings. The molecule has 1 saturated heterocycles. The van der Waals surface area contributed by atoms with Gasteiger partial charge in [-0.2, -0.15) is 4.98 Å². The molecule has 1 N–H and O–H groups in total. The van der Waals surface area contributed by atoms with Crippen molar-refractivity contribution >= 4 is 11.7 Å². The third kappa shape index (κ3) is 3.48. The molecule has 2 aromatic heterocycles. The van der Waals surface area contributed by atoms with Gasteiger partial charge in [-0.1, -0.05) is 10.3 Å². The minimum atomic E-state index is 0.00275. The number of hydrogen-bond acceptors (Lipinski definition) is 7. The summed E-state index contributed by atoms with van der Waals surface area (Å²) in [6, 6.07) is 1.72. The molecule has 1 aliphatic heterocycles. The van der Waals surface area contributed by atoms with E-state index >= 15 is 0 Å². The lowest BCUT2D eigenvalue weighted by Crippen LogP contribution is -2.37. The van der Waals surface area contributed by atoms with E-state index in [9.17, 15) is 4.79 Å². The molecule has 2 aliphatic rings. The van der Waals surface area contributed by atoms with E-state index in [-0.39, 0.29) is 11.8 Å². The predicted octanol–water partition coefficient (Wildman–Crippen LogP) is 2.09. The molecule has 4 rings (SSSR count). The van der Waals surface area contributed by atoms with Gasteiger partial charge in [0.15, 0.2) is 11.6 Å². The van der Waals surface area contributed by atoms with Gasteiger partial charge in [0, 0.05) is 17.9 Å². The van der Waals surface area contributed by atoms with Crippen molar-refractivity contribution in [1.29, 1.82) is 0 Å². The molecule has 1 amide bonds. The number of hydrogen-bond donors (Lipinski definition) is 1. The van der Waals surface area contributed by atoms with Gasteiger partial charge < -0.3 is 14.4 Å². The highest BCUT2D eigenvalue weighted by molar-refractivity contribution is 5.91. The van der Waals surface area contributed by atoms with Crippen LogP contribution >= 0.6 is 0 Å². The molecule has 3 heterocycles. The largest absolute Gasteiger partial charge is 0.360 e. The summed E-state index contributed by atoms with van der Waals surface area (Å²) in [5.41, 5.74) is 0. The van der Waals surface area contributed by atoms with E-state index in [1.165, 1.54) is 12.8 Å². The van der Waals surface area contributed by atoms with Crippen molar-refractivity contribution in [3.05, 3.63) is 23.5 Å². The minimum Gasteiger partial charge on any atom is -0.360 e. The lowest BCUT2D eigenvalue weighted by Gasteiger charge is -2.29. The molecule has 1 aliphatic carbocycles. The maximum Gasteiger partial charge on any atom is 0.240 e. The SMILES string of the molecule is Cc1cc(NC(=O)C2CCN(Cc3nc(C4CC4)no3)CC2)no1. The van der Waals surface area contributed by atoms with Gasteiger partial charge in [-0.15, -0.1) is 0 Å². The second-order valence-corrected chi connectivity index (χ2v) is 6.68. The number of anilines is 1. The van der Waals surface area contributed by atoms with Crippen LogP contribution in [0.3, 0.4) is 0 Å². The fraction of sp³-hybridized carbons (Fsp3) is 0.625. The standard InChI is InChI=1S/C16H21N5O3/c1-10-8-13(19-23-10)17-16(22)12-4-6-21(7-5-12)9-14-18-15(20-24-14)11-2-3-11/h8,11-12H,2-7,9H2,1H3,(H,17,19,22). The highest BCUT2D eigenvalue weighted by Crippen LogP contribution is 2.38. The number of aromatic nitrogens is 3. The number of nitrogens with zero attached hydrogens (tertiary/aromatic N) is 4. The lowest BCUT2D eigenvalue weighted by molar-refractivity contribution is -0.121. The molecule has 0 atom stereocenters. The Morgan fingerprint density at radius 2 is 2.04 bits per heavy atom. The van der Waals surface area contributed by atoms with Gasteiger partial charge in [0.1, 0.15) is 5.76 Å². The Balaban J connectivity index is 1.25. The molecular formula is C16H21N5O3. The zero-order valence-electron chi connectivity index (χ0n) is 13.7. The van der Waals surface area contributed by atoms with Crippen molar-refractivity contribution in [1.82, 2.24) is 20.2 Å². The van der Waals surface area contributed by atoms with Crippen LogP contribution in [0.4, 0.5) is 5.82 Å². The van der Waals surface area contributed by atoms with E-state index in [1.807, 2.05) is 0 Å². The van der Waals surface area contributed by atoms with E-state index in [0.29, 0.717) is 29.9 Å². The first-order valence-electron chi connectivity index (χ1n) is 8.46. The third-order valence-electron chi connectivity index (χ3n) is 4.62. The first kappa shape index (κ1) is 15.3. The molecule has 8 heteroatoms. The van der Waals surface area contributed by atoms with Gasteiger partial charge in [0.25, 0.3) is 0 Å². The number of likely N-dealkylation sites (tertiary alicyclic amines) is 1. The summed E-state index contributed by atoms with van der Waals surface area (Å²) >= 11 is 0. The predicted molar refractivity (Wildman–Crippen MR) is 84.1 cm³/mol.